The van der Waals surface area contributed by atoms with Gasteiger partial charge in [-0.25, -0.2) is 0 Å². The molecule has 2 aliphatic heterocycles. The monoisotopic (exact) mass is 748 g/mol. The molecule has 0 bridgehead atoms. The van der Waals surface area contributed by atoms with Crippen molar-refractivity contribution in [3.8, 4) is 0 Å². The van der Waals surface area contributed by atoms with Gasteiger partial charge in [0.1, 0.15) is 48.2 Å². The lowest BCUT2D eigenvalue weighted by Gasteiger charge is -2.64. The largest absolute Gasteiger partial charge is 0.388 e. The molecule has 4 aliphatic carbocycles. The van der Waals surface area contributed by atoms with Crippen molar-refractivity contribution in [2.24, 2.45) is 45.3 Å². The molecule has 53 heavy (non-hydrogen) atoms. The Morgan fingerprint density at radius 1 is 0.925 bits per heavy atom. The van der Waals surface area contributed by atoms with Gasteiger partial charge in [-0.15, -0.1) is 0 Å². The highest BCUT2D eigenvalue weighted by Crippen LogP contribution is 2.74. The molecule has 0 amide bonds. The van der Waals surface area contributed by atoms with Gasteiger partial charge in [-0.2, -0.15) is 0 Å². The molecule has 0 aromatic rings. The van der Waals surface area contributed by atoms with Gasteiger partial charge in [0.05, 0.1) is 24.9 Å². The Morgan fingerprint density at radius 3 is 2.25 bits per heavy atom. The van der Waals surface area contributed by atoms with E-state index < -0.39 is 83.1 Å². The fourth-order valence-corrected chi connectivity index (χ4v) is 11.6. The molecule has 5 fully saturated rings. The van der Waals surface area contributed by atoms with Gasteiger partial charge in [0.15, 0.2) is 12.6 Å². The van der Waals surface area contributed by atoms with Crippen LogP contribution in [0.1, 0.15) is 101 Å². The highest BCUT2D eigenvalue weighted by molar-refractivity contribution is 5.88. The summed E-state index contributed by atoms with van der Waals surface area (Å²) in [5, 5.41) is 62.9. The van der Waals surface area contributed by atoms with Crippen LogP contribution in [0.3, 0.4) is 0 Å². The Kier molecular flexibility index (Phi) is 11.2. The fraction of sp³-hybridized carbons (Fsp3) is 0.854. The van der Waals surface area contributed by atoms with Crippen LogP contribution in [0.4, 0.5) is 0 Å². The molecule has 12 nitrogen and oxygen atoms in total. The van der Waals surface area contributed by atoms with E-state index in [1.165, 1.54) is 0 Å². The van der Waals surface area contributed by atoms with Crippen molar-refractivity contribution in [3.63, 3.8) is 0 Å². The zero-order chi connectivity index (χ0) is 39.2. The fourth-order valence-electron chi connectivity index (χ4n) is 11.6. The summed E-state index contributed by atoms with van der Waals surface area (Å²) in [7, 11) is 0. The van der Waals surface area contributed by atoms with Gasteiger partial charge < -0.3 is 49.6 Å². The number of fused-ring (bicyclic) bond motifs is 5. The summed E-state index contributed by atoms with van der Waals surface area (Å²) in [5.74, 6) is -0.239. The molecule has 3 saturated carbocycles. The van der Waals surface area contributed by atoms with E-state index in [0.717, 1.165) is 11.1 Å². The summed E-state index contributed by atoms with van der Waals surface area (Å²) in [6.07, 6.45) is -4.79. The van der Waals surface area contributed by atoms with E-state index in [9.17, 15) is 35.4 Å². The lowest BCUT2D eigenvalue weighted by atomic mass is 9.39. The molecule has 17 unspecified atom stereocenters. The zero-order valence-corrected chi connectivity index (χ0v) is 32.9. The molecule has 6 aliphatic rings. The lowest BCUT2D eigenvalue weighted by molar-refractivity contribution is -0.306. The van der Waals surface area contributed by atoms with Crippen LogP contribution in [0.5, 0.6) is 0 Å². The van der Waals surface area contributed by atoms with Gasteiger partial charge in [0.2, 0.25) is 0 Å². The van der Waals surface area contributed by atoms with Crippen LogP contribution in [0.15, 0.2) is 23.3 Å². The Bertz CT molecular complexity index is 1470. The van der Waals surface area contributed by atoms with Crippen LogP contribution in [0, 0.1) is 45.3 Å². The Labute approximate surface area is 313 Å². The predicted octanol–water partition coefficient (Wildman–Crippen LogP) is 2.98. The third-order valence-electron chi connectivity index (χ3n) is 15.2. The first-order valence-corrected chi connectivity index (χ1v) is 19.7. The topological polar surface area (TPSA) is 192 Å². The maximum Gasteiger partial charge on any atom is 0.186 e. The van der Waals surface area contributed by atoms with Crippen molar-refractivity contribution < 1.29 is 59.2 Å². The average Bonchev–Trinajstić information content (AvgIpc) is 3.31. The predicted molar refractivity (Wildman–Crippen MR) is 193 cm³/mol. The first-order chi connectivity index (χ1) is 24.6. The Morgan fingerprint density at radius 2 is 1.58 bits per heavy atom. The number of carbonyl (C=O) groups excluding carboxylic acids is 2. The van der Waals surface area contributed by atoms with Crippen molar-refractivity contribution in [1.82, 2.24) is 0 Å². The highest BCUT2D eigenvalue weighted by Gasteiger charge is 2.72. The van der Waals surface area contributed by atoms with Gasteiger partial charge in [0, 0.05) is 35.5 Å². The van der Waals surface area contributed by atoms with Crippen molar-refractivity contribution in [2.45, 2.75) is 168 Å². The minimum absolute atomic E-state index is 0.0608. The minimum Gasteiger partial charge on any atom is -0.388 e. The van der Waals surface area contributed by atoms with Crippen LogP contribution < -0.4 is 0 Å². The van der Waals surface area contributed by atoms with Crippen molar-refractivity contribution in [1.29, 1.82) is 0 Å². The molecular weight excluding hydrogens is 684 g/mol. The second-order valence-corrected chi connectivity index (χ2v) is 18.7. The third-order valence-corrected chi connectivity index (χ3v) is 15.2. The number of carbonyl (C=O) groups is 2. The SMILES string of the molecule is CC(=CCC(=O)C(C)C)C1C(OC2OC(C)C(O)C(O)C2O)CC2(C)C3CC=C4C(CCC(OC5OCC(O)C(O)C5O)C4(C)C)C3(C)C(=O)CC12C. The number of rotatable bonds is 8. The molecule has 6 rings (SSSR count). The summed E-state index contributed by atoms with van der Waals surface area (Å²) in [6.45, 7) is 18.0. The van der Waals surface area contributed by atoms with E-state index in [0.29, 0.717) is 32.1 Å². The van der Waals surface area contributed by atoms with E-state index >= 15 is 4.79 Å². The zero-order valence-electron chi connectivity index (χ0n) is 32.9. The maximum absolute atomic E-state index is 15.0. The molecule has 17 atom stereocenters. The molecule has 2 heterocycles. The number of Topliss-reactive ketones (excluding diaryl/α,β-unsaturated/α-hetero) is 2. The number of allylic oxidation sites excluding steroid dienone is 2. The second-order valence-electron chi connectivity index (χ2n) is 18.7. The number of aliphatic hydroxyl groups is 6. The van der Waals surface area contributed by atoms with Crippen molar-refractivity contribution in [2.75, 3.05) is 6.61 Å². The highest BCUT2D eigenvalue weighted by atomic mass is 16.7. The number of ketones is 2. The lowest BCUT2D eigenvalue weighted by Crippen LogP contribution is -2.63. The molecule has 0 aromatic heterocycles. The molecule has 0 aromatic carbocycles. The summed E-state index contributed by atoms with van der Waals surface area (Å²) in [6, 6.07) is 0. The molecule has 300 valence electrons. The van der Waals surface area contributed by atoms with Gasteiger partial charge in [-0.1, -0.05) is 71.8 Å². The van der Waals surface area contributed by atoms with Crippen LogP contribution >= 0.6 is 0 Å². The van der Waals surface area contributed by atoms with E-state index in [-0.39, 0.29) is 54.4 Å². The van der Waals surface area contributed by atoms with E-state index in [1.807, 2.05) is 26.8 Å². The van der Waals surface area contributed by atoms with Crippen LogP contribution in [0.2, 0.25) is 0 Å². The van der Waals surface area contributed by atoms with Crippen LogP contribution in [-0.4, -0.2) is 116 Å². The Hall–Kier alpha value is -1.58. The number of aliphatic hydroxyl groups excluding tert-OH is 6. The molecule has 12 heteroatoms. The van der Waals surface area contributed by atoms with E-state index in [1.54, 1.807) is 6.92 Å². The Balaban J connectivity index is 1.34. The van der Waals surface area contributed by atoms with E-state index in [2.05, 4.69) is 40.7 Å². The third kappa shape index (κ3) is 6.45. The summed E-state index contributed by atoms with van der Waals surface area (Å²) in [5.41, 5.74) is -0.147. The summed E-state index contributed by atoms with van der Waals surface area (Å²) < 4.78 is 24.6. The molecule has 0 spiro atoms. The second kappa shape index (κ2) is 14.4. The molecule has 6 N–H and O–H groups in total. The molecule has 0 radical (unpaired) electrons. The van der Waals surface area contributed by atoms with Crippen molar-refractivity contribution in [3.05, 3.63) is 23.3 Å². The van der Waals surface area contributed by atoms with Crippen molar-refractivity contribution >= 4 is 11.6 Å². The number of hydrogen-bond donors (Lipinski definition) is 6. The standard InChI is InChI=1S/C41H64O12/c1-19(2)24(42)13-10-20(3)30-26(52-37-35(49)33(47)31(45)21(4)51-37)16-39(7)27-14-11-22-23(41(27,9)28(44)17-40(30,39)8)12-15-29(38(22,5)6)53-36-34(48)32(46)25(43)18-50-36/h10-11,19,21,23,25-27,29-37,43,45-49H,12-18H2,1-9H3. The quantitative estimate of drug-likeness (QED) is 0.199. The van der Waals surface area contributed by atoms with Gasteiger partial charge in [-0.05, 0) is 62.2 Å². The molecule has 2 saturated heterocycles. The molecular formula is C41H64O12. The van der Waals surface area contributed by atoms with Gasteiger partial charge in [-0.3, -0.25) is 9.59 Å². The number of ether oxygens (including phenoxy) is 4. The van der Waals surface area contributed by atoms with E-state index in [4.69, 9.17) is 18.9 Å². The summed E-state index contributed by atoms with van der Waals surface area (Å²) in [4.78, 5) is 27.8. The van der Waals surface area contributed by atoms with Gasteiger partial charge >= 0.3 is 0 Å². The average molecular weight is 749 g/mol. The first kappa shape index (κ1) is 41.1. The minimum atomic E-state index is -1.47. The first-order valence-electron chi connectivity index (χ1n) is 19.7. The number of hydrogen-bond acceptors (Lipinski definition) is 12. The van der Waals surface area contributed by atoms with Crippen LogP contribution in [0.25, 0.3) is 0 Å². The smallest absolute Gasteiger partial charge is 0.186 e. The van der Waals surface area contributed by atoms with Gasteiger partial charge in [0.25, 0.3) is 0 Å². The van der Waals surface area contributed by atoms with Crippen LogP contribution in [-0.2, 0) is 28.5 Å². The normalized spacial score (nSPS) is 49.9. The summed E-state index contributed by atoms with van der Waals surface area (Å²) >= 11 is 0. The maximum atomic E-state index is 15.0.